The summed E-state index contributed by atoms with van der Waals surface area (Å²) in [7, 11) is 0. The van der Waals surface area contributed by atoms with E-state index in [0.717, 1.165) is 83.2 Å². The molecule has 0 saturated carbocycles. The lowest BCUT2D eigenvalue weighted by molar-refractivity contribution is 0.673. The largest absolute Gasteiger partial charge is 0.455 e. The molecular weight excluding hydrogens is 717 g/mol. The van der Waals surface area contributed by atoms with Gasteiger partial charge in [0, 0.05) is 55.7 Å². The van der Waals surface area contributed by atoms with Crippen LogP contribution in [0.3, 0.4) is 0 Å². The number of hydrogen-bond donors (Lipinski definition) is 0. The molecule has 0 aliphatic rings. The van der Waals surface area contributed by atoms with Crippen LogP contribution in [0.15, 0.2) is 235 Å². The zero-order valence-corrected chi connectivity index (χ0v) is 32.2. The number of para-hydroxylation sites is 2. The molecule has 0 fully saturated rings. The molecule has 0 radical (unpaired) electrons. The fourth-order valence-corrected chi connectivity index (χ4v) is 8.71. The van der Waals surface area contributed by atoms with Gasteiger partial charge in [-0.15, -0.1) is 0 Å². The monoisotopic (exact) mass is 754 g/mol. The highest BCUT2D eigenvalue weighted by atomic mass is 16.3. The van der Waals surface area contributed by atoms with Gasteiger partial charge in [0.2, 0.25) is 0 Å². The molecule has 1 aromatic heterocycles. The summed E-state index contributed by atoms with van der Waals surface area (Å²) in [5, 5.41) is 6.63. The van der Waals surface area contributed by atoms with Gasteiger partial charge in [0.05, 0.1) is 11.4 Å². The molecular formula is C56H38N2O. The van der Waals surface area contributed by atoms with Gasteiger partial charge in [-0.1, -0.05) is 170 Å². The zero-order chi connectivity index (χ0) is 39.1. The van der Waals surface area contributed by atoms with Crippen molar-refractivity contribution >= 4 is 77.6 Å². The van der Waals surface area contributed by atoms with Crippen LogP contribution >= 0.6 is 0 Å². The van der Waals surface area contributed by atoms with Gasteiger partial charge in [-0.05, 0) is 82.2 Å². The molecule has 59 heavy (non-hydrogen) atoms. The first-order valence-electron chi connectivity index (χ1n) is 20.1. The normalized spacial score (nSPS) is 11.4. The molecule has 10 aromatic carbocycles. The molecule has 0 aliphatic carbocycles. The Morgan fingerprint density at radius 3 is 1.19 bits per heavy atom. The highest BCUT2D eigenvalue weighted by Gasteiger charge is 2.24. The van der Waals surface area contributed by atoms with Gasteiger partial charge in [0.25, 0.3) is 0 Å². The molecule has 0 aliphatic heterocycles. The average Bonchev–Trinajstić information content (AvgIpc) is 3.70. The number of nitrogens with zero attached hydrogens (tertiary/aromatic N) is 2. The van der Waals surface area contributed by atoms with Crippen molar-refractivity contribution in [2.75, 3.05) is 9.80 Å². The summed E-state index contributed by atoms with van der Waals surface area (Å²) in [6, 6.07) is 82.1. The van der Waals surface area contributed by atoms with Gasteiger partial charge in [0.1, 0.15) is 11.2 Å². The topological polar surface area (TPSA) is 19.6 Å². The van der Waals surface area contributed by atoms with Crippen LogP contribution in [0.2, 0.25) is 0 Å². The van der Waals surface area contributed by atoms with Crippen LogP contribution in [-0.4, -0.2) is 0 Å². The Labute approximate surface area is 343 Å². The third-order valence-corrected chi connectivity index (χ3v) is 11.4. The van der Waals surface area contributed by atoms with Crippen molar-refractivity contribution in [3.8, 4) is 22.3 Å². The molecule has 0 bridgehead atoms. The summed E-state index contributed by atoms with van der Waals surface area (Å²) in [6.45, 7) is 0. The van der Waals surface area contributed by atoms with Crippen molar-refractivity contribution in [1.29, 1.82) is 0 Å². The second-order valence-electron chi connectivity index (χ2n) is 14.9. The first-order valence-corrected chi connectivity index (χ1v) is 20.1. The van der Waals surface area contributed by atoms with Gasteiger partial charge < -0.3 is 14.2 Å². The van der Waals surface area contributed by atoms with Crippen molar-refractivity contribution in [3.63, 3.8) is 0 Å². The predicted octanol–water partition coefficient (Wildman–Crippen LogP) is 16.2. The number of hydrogen-bond acceptors (Lipinski definition) is 3. The van der Waals surface area contributed by atoms with E-state index in [-0.39, 0.29) is 0 Å². The molecule has 0 N–H and O–H groups in total. The summed E-state index contributed by atoms with van der Waals surface area (Å²) in [5.41, 5.74) is 12.9. The van der Waals surface area contributed by atoms with Crippen molar-refractivity contribution in [2.45, 2.75) is 0 Å². The minimum atomic E-state index is 0.841. The fourth-order valence-electron chi connectivity index (χ4n) is 8.71. The highest BCUT2D eigenvalue weighted by molar-refractivity contribution is 6.27. The van der Waals surface area contributed by atoms with Crippen LogP contribution in [0.1, 0.15) is 0 Å². The third kappa shape index (κ3) is 6.08. The second kappa shape index (κ2) is 14.6. The van der Waals surface area contributed by atoms with Crippen LogP contribution in [0, 0.1) is 0 Å². The molecule has 278 valence electrons. The Kier molecular flexibility index (Phi) is 8.49. The fraction of sp³-hybridized carbons (Fsp3) is 0. The average molecular weight is 755 g/mol. The van der Waals surface area contributed by atoms with E-state index in [1.807, 2.05) is 0 Å². The van der Waals surface area contributed by atoms with E-state index >= 15 is 0 Å². The maximum Gasteiger partial charge on any atom is 0.143 e. The van der Waals surface area contributed by atoms with Crippen LogP contribution in [0.5, 0.6) is 0 Å². The van der Waals surface area contributed by atoms with Gasteiger partial charge in [0.15, 0.2) is 0 Å². The lowest BCUT2D eigenvalue weighted by Gasteiger charge is -2.28. The van der Waals surface area contributed by atoms with E-state index < -0.39 is 0 Å². The summed E-state index contributed by atoms with van der Waals surface area (Å²) in [5.74, 6) is 0. The summed E-state index contributed by atoms with van der Waals surface area (Å²) >= 11 is 0. The minimum Gasteiger partial charge on any atom is -0.455 e. The summed E-state index contributed by atoms with van der Waals surface area (Å²) in [4.78, 5) is 4.75. The van der Waals surface area contributed by atoms with Gasteiger partial charge in [-0.2, -0.15) is 0 Å². The first kappa shape index (κ1) is 34.4. The predicted molar refractivity (Wildman–Crippen MR) is 249 cm³/mol. The van der Waals surface area contributed by atoms with Crippen LogP contribution in [-0.2, 0) is 0 Å². The molecule has 0 spiro atoms. The smallest absolute Gasteiger partial charge is 0.143 e. The summed E-state index contributed by atoms with van der Waals surface area (Å²) < 4.78 is 7.11. The van der Waals surface area contributed by atoms with E-state index in [2.05, 4.69) is 240 Å². The molecule has 0 amide bonds. The Bertz CT molecular complexity index is 3270. The SMILES string of the molecule is c1ccc(-c2cccc(N(c3ccccc3)c3cc4c(oc5cc(N(c6ccccc6)c6cccc(-c7ccccc7)c6)c6ccccc6c54)c4ccccc34)c2)cc1. The van der Waals surface area contributed by atoms with E-state index in [9.17, 15) is 0 Å². The Balaban J connectivity index is 1.17. The molecule has 3 nitrogen and oxygen atoms in total. The lowest BCUT2D eigenvalue weighted by Crippen LogP contribution is -2.10. The molecule has 11 aromatic rings. The lowest BCUT2D eigenvalue weighted by atomic mass is 9.97. The zero-order valence-electron chi connectivity index (χ0n) is 32.2. The Morgan fingerprint density at radius 1 is 0.271 bits per heavy atom. The van der Waals surface area contributed by atoms with Gasteiger partial charge in [-0.25, -0.2) is 0 Å². The Hall–Kier alpha value is -7.88. The molecule has 11 rings (SSSR count). The van der Waals surface area contributed by atoms with E-state index in [1.165, 1.54) is 16.7 Å². The summed E-state index contributed by atoms with van der Waals surface area (Å²) in [6.07, 6.45) is 0. The van der Waals surface area contributed by atoms with E-state index in [0.29, 0.717) is 0 Å². The van der Waals surface area contributed by atoms with Crippen LogP contribution in [0.4, 0.5) is 34.1 Å². The molecule has 3 heteroatoms. The molecule has 0 atom stereocenters. The van der Waals surface area contributed by atoms with Crippen molar-refractivity contribution < 1.29 is 4.42 Å². The maximum absolute atomic E-state index is 7.11. The number of anilines is 6. The van der Waals surface area contributed by atoms with Crippen molar-refractivity contribution in [2.24, 2.45) is 0 Å². The molecule has 0 saturated heterocycles. The van der Waals surface area contributed by atoms with Crippen molar-refractivity contribution in [1.82, 2.24) is 0 Å². The molecule has 1 heterocycles. The van der Waals surface area contributed by atoms with Crippen molar-refractivity contribution in [3.05, 3.63) is 231 Å². The van der Waals surface area contributed by atoms with E-state index in [4.69, 9.17) is 4.42 Å². The standard InChI is InChI=1S/C56H38N2O/c1-5-19-39(20-6-1)41-23-17-29-45(35-41)57(43-25-9-3-10-26-43)52-37-51-55-49-33-15-13-31-47(49)53(38-54(55)59-56(51)50-34-16-14-32-48(50)52)58(44-27-11-4-12-28-44)46-30-18-24-42(36-46)40-21-7-2-8-22-40/h1-38H. The maximum atomic E-state index is 7.11. The minimum absolute atomic E-state index is 0.841. The Morgan fingerprint density at radius 2 is 0.661 bits per heavy atom. The number of furan rings is 1. The quantitative estimate of drug-likeness (QED) is 0.154. The number of rotatable bonds is 8. The second-order valence-corrected chi connectivity index (χ2v) is 14.9. The highest BCUT2D eigenvalue weighted by Crippen LogP contribution is 2.49. The first-order chi connectivity index (χ1) is 29.3. The van der Waals surface area contributed by atoms with Gasteiger partial charge in [-0.3, -0.25) is 0 Å². The van der Waals surface area contributed by atoms with E-state index in [1.54, 1.807) is 0 Å². The van der Waals surface area contributed by atoms with Crippen LogP contribution < -0.4 is 9.80 Å². The third-order valence-electron chi connectivity index (χ3n) is 11.4. The number of fused-ring (bicyclic) bond motifs is 7. The molecule has 0 unspecified atom stereocenters. The van der Waals surface area contributed by atoms with Gasteiger partial charge >= 0.3 is 0 Å². The number of benzene rings is 10. The van der Waals surface area contributed by atoms with Crippen LogP contribution in [0.25, 0.3) is 65.7 Å².